The normalized spacial score (nSPS) is 29.9. The fourth-order valence-electron chi connectivity index (χ4n) is 3.34. The van der Waals surface area contributed by atoms with Crippen molar-refractivity contribution < 1.29 is 15.0 Å². The smallest absolute Gasteiger partial charge is 0.317 e. The average molecular weight is 284 g/mol. The standard InChI is InChI=1S/C15H28N2O3/c1-2-14(18)12-6-13(16-7-11-4-3-5-11)9-17(8-12)10-15(19)20/h11-14,16,18H,2-10H2,1H3,(H,19,20). The fourth-order valence-corrected chi connectivity index (χ4v) is 3.34. The van der Waals surface area contributed by atoms with Crippen LogP contribution in [-0.4, -0.2) is 59.4 Å². The van der Waals surface area contributed by atoms with Crippen LogP contribution >= 0.6 is 0 Å². The van der Waals surface area contributed by atoms with Crippen LogP contribution in [0.15, 0.2) is 0 Å². The highest BCUT2D eigenvalue weighted by Gasteiger charge is 2.32. The Morgan fingerprint density at radius 3 is 2.70 bits per heavy atom. The Kier molecular flexibility index (Phi) is 5.81. The van der Waals surface area contributed by atoms with Gasteiger partial charge in [-0.1, -0.05) is 13.3 Å². The highest BCUT2D eigenvalue weighted by atomic mass is 16.4. The van der Waals surface area contributed by atoms with E-state index in [2.05, 4.69) is 5.32 Å². The molecule has 1 saturated heterocycles. The molecule has 2 rings (SSSR count). The molecule has 1 aliphatic heterocycles. The molecule has 1 heterocycles. The van der Waals surface area contributed by atoms with Gasteiger partial charge in [-0.2, -0.15) is 0 Å². The monoisotopic (exact) mass is 284 g/mol. The largest absolute Gasteiger partial charge is 0.480 e. The van der Waals surface area contributed by atoms with Crippen molar-refractivity contribution in [2.75, 3.05) is 26.2 Å². The Hall–Kier alpha value is -0.650. The molecule has 1 saturated carbocycles. The number of carbonyl (C=O) groups is 1. The Labute approximate surface area is 121 Å². The first-order valence-electron chi connectivity index (χ1n) is 7.94. The molecular weight excluding hydrogens is 256 g/mol. The van der Waals surface area contributed by atoms with E-state index in [-0.39, 0.29) is 18.6 Å². The van der Waals surface area contributed by atoms with E-state index in [1.165, 1.54) is 19.3 Å². The van der Waals surface area contributed by atoms with Crippen molar-refractivity contribution in [1.82, 2.24) is 10.2 Å². The lowest BCUT2D eigenvalue weighted by Crippen LogP contribution is -2.53. The molecule has 0 amide bonds. The van der Waals surface area contributed by atoms with Crippen LogP contribution in [0.3, 0.4) is 0 Å². The second-order valence-electron chi connectivity index (χ2n) is 6.46. The van der Waals surface area contributed by atoms with Crippen molar-refractivity contribution >= 4 is 5.97 Å². The SMILES string of the molecule is CCC(O)C1CC(NCC2CCC2)CN(CC(=O)O)C1. The van der Waals surface area contributed by atoms with Crippen LogP contribution in [0.2, 0.25) is 0 Å². The van der Waals surface area contributed by atoms with Crippen molar-refractivity contribution in [3.63, 3.8) is 0 Å². The minimum Gasteiger partial charge on any atom is -0.480 e. The summed E-state index contributed by atoms with van der Waals surface area (Å²) in [5.41, 5.74) is 0. The molecule has 5 nitrogen and oxygen atoms in total. The minimum atomic E-state index is -0.783. The molecule has 2 fully saturated rings. The summed E-state index contributed by atoms with van der Waals surface area (Å²) in [5, 5.41) is 22.7. The van der Waals surface area contributed by atoms with Crippen LogP contribution in [0.25, 0.3) is 0 Å². The van der Waals surface area contributed by atoms with Crippen LogP contribution < -0.4 is 5.32 Å². The second-order valence-corrected chi connectivity index (χ2v) is 6.46. The lowest BCUT2D eigenvalue weighted by atomic mass is 9.84. The topological polar surface area (TPSA) is 72.8 Å². The van der Waals surface area contributed by atoms with Crippen LogP contribution in [-0.2, 0) is 4.79 Å². The molecule has 3 unspecified atom stereocenters. The molecule has 0 aromatic rings. The Morgan fingerprint density at radius 1 is 1.40 bits per heavy atom. The predicted octanol–water partition coefficient (Wildman–Crippen LogP) is 0.922. The van der Waals surface area contributed by atoms with E-state index in [0.29, 0.717) is 12.6 Å². The summed E-state index contributed by atoms with van der Waals surface area (Å²) in [7, 11) is 0. The lowest BCUT2D eigenvalue weighted by molar-refractivity contribution is -0.139. The van der Waals surface area contributed by atoms with Gasteiger partial charge in [-0.3, -0.25) is 9.69 Å². The van der Waals surface area contributed by atoms with E-state index >= 15 is 0 Å². The van der Waals surface area contributed by atoms with Gasteiger partial charge in [0.2, 0.25) is 0 Å². The van der Waals surface area contributed by atoms with Crippen LogP contribution in [0.4, 0.5) is 0 Å². The molecule has 0 aromatic carbocycles. The Balaban J connectivity index is 1.86. The maximum atomic E-state index is 10.9. The summed E-state index contributed by atoms with van der Waals surface area (Å²) in [4.78, 5) is 12.9. The summed E-state index contributed by atoms with van der Waals surface area (Å²) in [6, 6.07) is 0.315. The molecule has 0 aromatic heterocycles. The lowest BCUT2D eigenvalue weighted by Gasteiger charge is -2.40. The van der Waals surface area contributed by atoms with Crippen molar-refractivity contribution in [2.45, 2.75) is 51.2 Å². The number of rotatable bonds is 7. The maximum Gasteiger partial charge on any atom is 0.317 e. The molecular formula is C15H28N2O3. The first-order chi connectivity index (χ1) is 9.58. The van der Waals surface area contributed by atoms with Crippen molar-refractivity contribution in [3.8, 4) is 0 Å². The molecule has 3 N–H and O–H groups in total. The molecule has 2 aliphatic rings. The average Bonchev–Trinajstić information content (AvgIpc) is 2.35. The molecule has 0 radical (unpaired) electrons. The fraction of sp³-hybridized carbons (Fsp3) is 0.933. The number of carboxylic acids is 1. The van der Waals surface area contributed by atoms with Crippen LogP contribution in [0.1, 0.15) is 39.0 Å². The van der Waals surface area contributed by atoms with E-state index in [1.54, 1.807) is 0 Å². The number of piperidine rings is 1. The number of aliphatic hydroxyl groups is 1. The summed E-state index contributed by atoms with van der Waals surface area (Å²) in [6.07, 6.45) is 5.36. The van der Waals surface area contributed by atoms with E-state index in [9.17, 15) is 9.90 Å². The van der Waals surface area contributed by atoms with Crippen molar-refractivity contribution in [3.05, 3.63) is 0 Å². The Morgan fingerprint density at radius 2 is 2.15 bits per heavy atom. The summed E-state index contributed by atoms with van der Waals surface area (Å²) in [6.45, 7) is 4.58. The second kappa shape index (κ2) is 7.38. The molecule has 5 heteroatoms. The van der Waals surface area contributed by atoms with Crippen molar-refractivity contribution in [2.24, 2.45) is 11.8 Å². The minimum absolute atomic E-state index is 0.0779. The summed E-state index contributed by atoms with van der Waals surface area (Å²) in [5.74, 6) is 0.209. The number of hydrogen-bond donors (Lipinski definition) is 3. The van der Waals surface area contributed by atoms with Crippen LogP contribution in [0, 0.1) is 11.8 Å². The molecule has 0 spiro atoms. The highest BCUT2D eigenvalue weighted by Crippen LogP contribution is 2.26. The van der Waals surface area contributed by atoms with Gasteiger partial charge in [0.15, 0.2) is 0 Å². The summed E-state index contributed by atoms with van der Waals surface area (Å²) < 4.78 is 0. The first kappa shape index (κ1) is 15.7. The number of aliphatic hydroxyl groups excluding tert-OH is 1. The third kappa shape index (κ3) is 4.43. The first-order valence-corrected chi connectivity index (χ1v) is 7.94. The molecule has 1 aliphatic carbocycles. The van der Waals surface area contributed by atoms with Gasteiger partial charge < -0.3 is 15.5 Å². The molecule has 20 heavy (non-hydrogen) atoms. The molecule has 116 valence electrons. The zero-order valence-corrected chi connectivity index (χ0v) is 12.4. The van der Waals surface area contributed by atoms with Gasteiger partial charge in [-0.05, 0) is 44.1 Å². The van der Waals surface area contributed by atoms with Gasteiger partial charge in [-0.15, -0.1) is 0 Å². The quantitative estimate of drug-likeness (QED) is 0.648. The zero-order chi connectivity index (χ0) is 14.5. The van der Waals surface area contributed by atoms with E-state index in [4.69, 9.17) is 5.11 Å². The van der Waals surface area contributed by atoms with Crippen molar-refractivity contribution in [1.29, 1.82) is 0 Å². The number of nitrogens with one attached hydrogen (secondary N) is 1. The molecule has 3 atom stereocenters. The van der Waals surface area contributed by atoms with Gasteiger partial charge in [-0.25, -0.2) is 0 Å². The molecule has 0 bridgehead atoms. The van der Waals surface area contributed by atoms with Gasteiger partial charge >= 0.3 is 5.97 Å². The van der Waals surface area contributed by atoms with Gasteiger partial charge in [0, 0.05) is 19.1 Å². The van der Waals surface area contributed by atoms with E-state index < -0.39 is 5.97 Å². The number of nitrogens with zero attached hydrogens (tertiary/aromatic N) is 1. The Bertz CT molecular complexity index is 320. The van der Waals surface area contributed by atoms with Gasteiger partial charge in [0.05, 0.1) is 12.6 Å². The number of likely N-dealkylation sites (tertiary alicyclic amines) is 1. The highest BCUT2D eigenvalue weighted by molar-refractivity contribution is 5.69. The van der Waals surface area contributed by atoms with Gasteiger partial charge in [0.1, 0.15) is 0 Å². The number of aliphatic carboxylic acids is 1. The predicted molar refractivity (Wildman–Crippen MR) is 77.6 cm³/mol. The van der Waals surface area contributed by atoms with E-state index in [0.717, 1.165) is 31.8 Å². The third-order valence-electron chi connectivity index (χ3n) is 4.80. The van der Waals surface area contributed by atoms with Crippen LogP contribution in [0.5, 0.6) is 0 Å². The number of carboxylic acid groups (broad SMARTS) is 1. The third-order valence-corrected chi connectivity index (χ3v) is 4.80. The summed E-state index contributed by atoms with van der Waals surface area (Å²) >= 11 is 0. The zero-order valence-electron chi connectivity index (χ0n) is 12.4. The van der Waals surface area contributed by atoms with E-state index in [1.807, 2.05) is 11.8 Å². The number of hydrogen-bond acceptors (Lipinski definition) is 4. The van der Waals surface area contributed by atoms with Gasteiger partial charge in [0.25, 0.3) is 0 Å². The maximum absolute atomic E-state index is 10.9.